The van der Waals surface area contributed by atoms with E-state index >= 15 is 0 Å². The van der Waals surface area contributed by atoms with Gasteiger partial charge in [0, 0.05) is 22.6 Å². The predicted molar refractivity (Wildman–Crippen MR) is 114 cm³/mol. The molecule has 1 aromatic heterocycles. The summed E-state index contributed by atoms with van der Waals surface area (Å²) in [5.74, 6) is -3.02. The number of hydrogen-bond donors (Lipinski definition) is 5. The molecule has 2 amide bonds. The number of aromatic nitrogens is 1. The summed E-state index contributed by atoms with van der Waals surface area (Å²) in [5, 5.41) is 29.4. The van der Waals surface area contributed by atoms with Gasteiger partial charge < -0.3 is 24.8 Å². The summed E-state index contributed by atoms with van der Waals surface area (Å²) >= 11 is 1.30. The van der Waals surface area contributed by atoms with Crippen LogP contribution in [0.25, 0.3) is 0 Å². The first kappa shape index (κ1) is 23.7. The summed E-state index contributed by atoms with van der Waals surface area (Å²) in [4.78, 5) is 42.3. The number of primary sulfonamides is 1. The van der Waals surface area contributed by atoms with Crippen LogP contribution in [0.2, 0.25) is 0 Å². The van der Waals surface area contributed by atoms with Crippen LogP contribution in [0.3, 0.4) is 0 Å². The lowest BCUT2D eigenvalue weighted by Crippen LogP contribution is -2.63. The van der Waals surface area contributed by atoms with Gasteiger partial charge in [0.15, 0.2) is 0 Å². The highest BCUT2D eigenvalue weighted by molar-refractivity contribution is 8.03. The Morgan fingerprint density at radius 2 is 2.15 bits per heavy atom. The normalized spacial score (nSPS) is 30.2. The van der Waals surface area contributed by atoms with Crippen molar-refractivity contribution in [1.29, 1.82) is 0 Å². The van der Waals surface area contributed by atoms with Crippen LogP contribution < -0.4 is 15.8 Å². The number of nitrogens with zero attached hydrogens (tertiary/aromatic N) is 2. The van der Waals surface area contributed by atoms with Gasteiger partial charge in [-0.25, -0.2) is 18.4 Å². The molecule has 1 aromatic rings. The van der Waals surface area contributed by atoms with Crippen molar-refractivity contribution in [2.24, 2.45) is 17.0 Å². The van der Waals surface area contributed by atoms with Gasteiger partial charge in [-0.3, -0.25) is 14.9 Å². The molecule has 180 valence electrons. The zero-order chi connectivity index (χ0) is 24.2. The van der Waals surface area contributed by atoms with E-state index < -0.39 is 56.9 Å². The van der Waals surface area contributed by atoms with Gasteiger partial charge >= 0.3 is 12.0 Å². The van der Waals surface area contributed by atoms with Gasteiger partial charge in [-0.2, -0.15) is 4.98 Å². The molecule has 1 unspecified atom stereocenters. The zero-order valence-electron chi connectivity index (χ0n) is 17.6. The quantitative estimate of drug-likeness (QED) is 0.283. The van der Waals surface area contributed by atoms with Crippen LogP contribution in [-0.4, -0.2) is 76.3 Å². The minimum Gasteiger partial charge on any atom is -0.477 e. The second kappa shape index (κ2) is 8.39. The van der Waals surface area contributed by atoms with Crippen molar-refractivity contribution < 1.29 is 37.4 Å². The lowest BCUT2D eigenvalue weighted by molar-refractivity contribution is -0.163. The Bertz CT molecular complexity index is 1150. The largest absolute Gasteiger partial charge is 0.477 e. The van der Waals surface area contributed by atoms with Crippen molar-refractivity contribution in [3.63, 3.8) is 0 Å². The van der Waals surface area contributed by atoms with Gasteiger partial charge in [-0.15, -0.1) is 11.8 Å². The number of aliphatic hydroxyl groups is 1. The number of nitrogens with two attached hydrogens (primary N) is 1. The third-order valence-electron chi connectivity index (χ3n) is 6.02. The summed E-state index contributed by atoms with van der Waals surface area (Å²) < 4.78 is 27.5. The second-order valence-electron chi connectivity index (χ2n) is 8.23. The molecule has 6 atom stereocenters. The van der Waals surface area contributed by atoms with Crippen LogP contribution >= 0.6 is 11.8 Å². The molecule has 0 spiro atoms. The fourth-order valence-electron chi connectivity index (χ4n) is 4.49. The molecule has 0 bridgehead atoms. The number of rotatable bonds is 7. The number of β-lactam (4-membered cyclic amide) rings is 1. The Labute approximate surface area is 192 Å². The minimum atomic E-state index is -4.07. The molecule has 0 saturated carbocycles. The van der Waals surface area contributed by atoms with Gasteiger partial charge in [-0.1, -0.05) is 6.92 Å². The molecule has 2 saturated heterocycles. The number of aliphatic hydroxyl groups excluding tert-OH is 1. The number of thioether (sulfide) groups is 1. The number of carboxylic acid groups (broad SMARTS) is 1. The van der Waals surface area contributed by atoms with E-state index in [0.717, 1.165) is 6.26 Å². The number of carboxylic acids is 1. The topological polar surface area (TPSA) is 205 Å². The summed E-state index contributed by atoms with van der Waals surface area (Å²) in [6, 6.07) is -1.37. The molecule has 3 aliphatic rings. The zero-order valence-corrected chi connectivity index (χ0v) is 19.2. The van der Waals surface area contributed by atoms with E-state index in [0.29, 0.717) is 17.9 Å². The number of carbonyl (C=O) groups excluding carboxylic acids is 2. The standard InChI is InChI=1S/C18H23N5O8S2/c1-6-12-11(7(2)24)16(26)23(12)13(17(27)28)14(6)32-8-3-9(20-4-8)15(25)22-18-21-10(5-31-18)33(19,29)30/h5-9,11-12,20,24H,3-4H2,1-2H3,(H,27,28)(H2,19,29,30)(H,21,22,25)/t6?,7-,8+,9+,11-,12-/m1/s1. The first-order valence-electron chi connectivity index (χ1n) is 10.1. The average molecular weight is 502 g/mol. The summed E-state index contributed by atoms with van der Waals surface area (Å²) in [6.45, 7) is 3.75. The molecular weight excluding hydrogens is 478 g/mol. The van der Waals surface area contributed by atoms with Gasteiger partial charge in [0.05, 0.1) is 24.1 Å². The smallest absolute Gasteiger partial charge is 0.353 e. The average Bonchev–Trinajstić information content (AvgIpc) is 3.40. The Hall–Kier alpha value is -2.46. The van der Waals surface area contributed by atoms with Crippen molar-refractivity contribution in [2.45, 2.75) is 48.7 Å². The van der Waals surface area contributed by atoms with E-state index in [4.69, 9.17) is 9.56 Å². The van der Waals surface area contributed by atoms with E-state index in [9.17, 15) is 33.0 Å². The molecule has 33 heavy (non-hydrogen) atoms. The Kier molecular flexibility index (Phi) is 6.03. The molecule has 13 nitrogen and oxygen atoms in total. The molecule has 0 aliphatic carbocycles. The molecule has 15 heteroatoms. The van der Waals surface area contributed by atoms with Crippen molar-refractivity contribution in [3.05, 3.63) is 16.9 Å². The van der Waals surface area contributed by atoms with Gasteiger partial charge in [0.25, 0.3) is 10.0 Å². The number of sulfonamides is 1. The lowest BCUT2D eigenvalue weighted by atomic mass is 9.79. The fraction of sp³-hybridized carbons (Fsp3) is 0.556. The number of nitrogens with one attached hydrogen (secondary N) is 2. The minimum absolute atomic E-state index is 0.0670. The fourth-order valence-corrected chi connectivity index (χ4v) is 6.36. The Morgan fingerprint density at radius 1 is 1.45 bits per heavy atom. The van der Waals surface area contributed by atoms with Gasteiger partial charge in [-0.05, 0) is 13.3 Å². The van der Waals surface area contributed by atoms with E-state index in [-0.39, 0.29) is 22.9 Å². The summed E-state index contributed by atoms with van der Waals surface area (Å²) in [6.07, 6.45) is 0.283. The van der Waals surface area contributed by atoms with E-state index in [1.807, 2.05) is 6.92 Å². The SMILES string of the molecule is CC1C(S[C@@H]2CN[C@H](C(=O)Nc3nc(S(N)(=O)=O)co3)C2)=C(C(=O)O)N2C(=O)[C@H]([C@@H](C)O)[C@@H]12. The molecule has 0 aromatic carbocycles. The predicted octanol–water partition coefficient (Wildman–Crippen LogP) is -1.12. The van der Waals surface area contributed by atoms with Crippen molar-refractivity contribution in [1.82, 2.24) is 15.2 Å². The maximum Gasteiger partial charge on any atom is 0.353 e. The van der Waals surface area contributed by atoms with Crippen molar-refractivity contribution >= 4 is 45.6 Å². The van der Waals surface area contributed by atoms with Crippen LogP contribution in [0.15, 0.2) is 26.3 Å². The van der Waals surface area contributed by atoms with Crippen LogP contribution in [0.5, 0.6) is 0 Å². The second-order valence-corrected chi connectivity index (χ2v) is 11.1. The highest BCUT2D eigenvalue weighted by Gasteiger charge is 2.60. The number of carbonyl (C=O) groups is 3. The molecule has 3 aliphatic heterocycles. The number of aliphatic carboxylic acids is 1. The van der Waals surface area contributed by atoms with Crippen LogP contribution in [0.1, 0.15) is 20.3 Å². The molecule has 0 radical (unpaired) electrons. The molecule has 6 N–H and O–H groups in total. The third kappa shape index (κ3) is 4.14. The van der Waals surface area contributed by atoms with Crippen LogP contribution in [0.4, 0.5) is 6.01 Å². The van der Waals surface area contributed by atoms with E-state index in [2.05, 4.69) is 15.6 Å². The number of anilines is 1. The molecule has 4 heterocycles. The first-order valence-corrected chi connectivity index (χ1v) is 12.5. The van der Waals surface area contributed by atoms with Gasteiger partial charge in [0.1, 0.15) is 12.0 Å². The lowest BCUT2D eigenvalue weighted by Gasteiger charge is -2.46. The van der Waals surface area contributed by atoms with E-state index in [1.54, 1.807) is 0 Å². The monoisotopic (exact) mass is 501 g/mol. The van der Waals surface area contributed by atoms with Crippen molar-refractivity contribution in [2.75, 3.05) is 11.9 Å². The van der Waals surface area contributed by atoms with Crippen LogP contribution in [0, 0.1) is 11.8 Å². The number of amides is 2. The van der Waals surface area contributed by atoms with Crippen LogP contribution in [-0.2, 0) is 24.4 Å². The maximum absolute atomic E-state index is 12.5. The summed E-state index contributed by atoms with van der Waals surface area (Å²) in [7, 11) is -4.07. The van der Waals surface area contributed by atoms with Gasteiger partial charge in [0.2, 0.25) is 16.8 Å². The highest BCUT2D eigenvalue weighted by atomic mass is 32.2. The summed E-state index contributed by atoms with van der Waals surface area (Å²) in [5.41, 5.74) is -0.0670. The Morgan fingerprint density at radius 3 is 2.73 bits per heavy atom. The van der Waals surface area contributed by atoms with Crippen molar-refractivity contribution in [3.8, 4) is 0 Å². The number of fused-ring (bicyclic) bond motifs is 1. The first-order chi connectivity index (χ1) is 15.4. The highest BCUT2D eigenvalue weighted by Crippen LogP contribution is 2.51. The third-order valence-corrected chi connectivity index (χ3v) is 8.30. The van der Waals surface area contributed by atoms with E-state index in [1.165, 1.54) is 23.6 Å². The molecular formula is C18H23N5O8S2. The number of hydrogen-bond acceptors (Lipinski definition) is 10. The number of oxazole rings is 1. The molecule has 2 fully saturated rings. The molecule has 4 rings (SSSR count). The Balaban J connectivity index is 1.42. The maximum atomic E-state index is 12.5.